The molecule has 12 nitrogen and oxygen atoms in total. The molecule has 0 spiro atoms. The molecular weight excluding hydrogens is 669 g/mol. The molecule has 4 aromatic heterocycles. The molecule has 0 amide bonds. The van der Waals surface area contributed by atoms with Crippen LogP contribution in [0.3, 0.4) is 0 Å². The van der Waals surface area contributed by atoms with Gasteiger partial charge in [-0.05, 0) is 27.6 Å². The number of carbonyl (C=O) groups is 1. The minimum absolute atomic E-state index is 0. The third-order valence-corrected chi connectivity index (χ3v) is 9.23. The average molecular weight is 691 g/mol. The summed E-state index contributed by atoms with van der Waals surface area (Å²) in [5, 5.41) is 27.4. The first kappa shape index (κ1) is 32.7. The van der Waals surface area contributed by atoms with Crippen molar-refractivity contribution in [3.8, 4) is 5.75 Å². The van der Waals surface area contributed by atoms with Crippen molar-refractivity contribution in [1.82, 2.24) is 20.2 Å². The molecule has 3 N–H and O–H groups in total. The molecule has 0 unspecified atom stereocenters. The number of anilines is 1. The number of aromatic nitrogens is 4. The van der Waals surface area contributed by atoms with Gasteiger partial charge in [0, 0.05) is 32.0 Å². The van der Waals surface area contributed by atoms with Crippen LogP contribution in [0.4, 0.5) is 5.82 Å². The number of hydrogen-bond acceptors (Lipinski definition) is 14. The molecule has 0 atom stereocenters. The molecule has 216 valence electrons. The number of nitrogens with zero attached hydrogens (tertiary/aromatic N) is 4. The van der Waals surface area contributed by atoms with E-state index in [-0.39, 0.29) is 29.5 Å². The maximum absolute atomic E-state index is 10.4. The molecule has 4 aliphatic rings. The molecule has 8 rings (SSSR count). The number of fused-ring (bicyclic) bond motifs is 4. The second-order valence-electron chi connectivity index (χ2n) is 8.76. The van der Waals surface area contributed by atoms with Crippen LogP contribution in [0.1, 0.15) is 52.9 Å². The predicted molar refractivity (Wildman–Crippen MR) is 150 cm³/mol. The van der Waals surface area contributed by atoms with Crippen LogP contribution in [0.25, 0.3) is 0 Å². The quantitative estimate of drug-likeness (QED) is 0.267. The van der Waals surface area contributed by atoms with Gasteiger partial charge in [-0.3, -0.25) is 0 Å². The van der Waals surface area contributed by atoms with Crippen LogP contribution < -0.4 is 29.7 Å². The van der Waals surface area contributed by atoms with E-state index in [1.807, 2.05) is 6.07 Å². The summed E-state index contributed by atoms with van der Waals surface area (Å²) in [6, 6.07) is 1.98. The van der Waals surface area contributed by atoms with Gasteiger partial charge in [-0.15, -0.1) is 27.8 Å². The molecule has 0 aliphatic carbocycles. The van der Waals surface area contributed by atoms with Crippen molar-refractivity contribution < 1.29 is 52.8 Å². The Bertz CT molecular complexity index is 1500. The molecule has 4 aromatic rings. The van der Waals surface area contributed by atoms with Crippen molar-refractivity contribution in [3.63, 3.8) is 0 Å². The second kappa shape index (κ2) is 15.0. The van der Waals surface area contributed by atoms with E-state index in [2.05, 4.69) is 36.1 Å². The molecular formula is C25H22BrClLiN5O7S2. The molecule has 17 heteroatoms. The Morgan fingerprint density at radius 1 is 0.929 bits per heavy atom. The first-order valence-corrected chi connectivity index (χ1v) is 14.8. The topological polar surface area (TPSA) is 175 Å². The Morgan fingerprint density at radius 3 is 2.31 bits per heavy atom. The summed E-state index contributed by atoms with van der Waals surface area (Å²) in [7, 11) is 0. The summed E-state index contributed by atoms with van der Waals surface area (Å²) >= 11 is 11.7. The number of nitrogen functional groups attached to an aromatic ring is 1. The molecule has 42 heavy (non-hydrogen) atoms. The van der Waals surface area contributed by atoms with Crippen molar-refractivity contribution in [2.75, 3.05) is 5.73 Å². The first-order chi connectivity index (χ1) is 19.8. The minimum atomic E-state index is -1.33. The van der Waals surface area contributed by atoms with Crippen LogP contribution in [0.15, 0.2) is 23.2 Å². The number of aromatic hydroxyl groups is 1. The zero-order chi connectivity index (χ0) is 28.9. The fourth-order valence-electron chi connectivity index (χ4n) is 4.04. The molecule has 0 fully saturated rings. The molecule has 0 radical (unpaired) electrons. The number of carbonyl (C=O) groups excluding carboxylic acids is 1. The number of nitrogens with two attached hydrogens (primary N) is 1. The third-order valence-electron chi connectivity index (χ3n) is 6.14. The van der Waals surface area contributed by atoms with Crippen LogP contribution in [0, 0.1) is 0 Å². The summed E-state index contributed by atoms with van der Waals surface area (Å²) in [6.45, 7) is 4.65. The van der Waals surface area contributed by atoms with E-state index in [0.29, 0.717) is 51.0 Å². The van der Waals surface area contributed by atoms with E-state index in [1.54, 1.807) is 17.5 Å². The summed E-state index contributed by atoms with van der Waals surface area (Å²) in [5.74, 6) is -0.970. The van der Waals surface area contributed by atoms with Crippen LogP contribution in [0.2, 0.25) is 4.34 Å². The molecule has 4 aliphatic heterocycles. The van der Waals surface area contributed by atoms with E-state index >= 15 is 0 Å². The van der Waals surface area contributed by atoms with E-state index in [0.717, 1.165) is 60.8 Å². The van der Waals surface area contributed by atoms with Gasteiger partial charge in [0.15, 0.2) is 0 Å². The largest absolute Gasteiger partial charge is 1.00 e. The number of carboxylic acid groups (broad SMARTS) is 1. The van der Waals surface area contributed by atoms with Crippen LogP contribution >= 0.6 is 50.2 Å². The summed E-state index contributed by atoms with van der Waals surface area (Å²) in [4.78, 5) is 20.2. The zero-order valence-electron chi connectivity index (χ0n) is 22.2. The number of halogens is 2. The number of thiophene rings is 2. The van der Waals surface area contributed by atoms with Gasteiger partial charge in [-0.25, -0.2) is 9.97 Å². The monoisotopic (exact) mass is 689 g/mol. The molecule has 0 aromatic carbocycles. The van der Waals surface area contributed by atoms with Gasteiger partial charge in [0.05, 0.1) is 79.9 Å². The second-order valence-corrected chi connectivity index (χ2v) is 12.4. The van der Waals surface area contributed by atoms with Gasteiger partial charge in [-0.2, -0.15) is 5.10 Å². The zero-order valence-corrected chi connectivity index (χ0v) is 26.2. The fourth-order valence-corrected chi connectivity index (χ4v) is 6.71. The SMILES string of the molecule is Brc1nncc2c1COC2.Clc1cc2c(s1)COC2.Nc1ncnc2c1COC2.O=C([O-])c1sc2c(c1O)COC2.[Li+]. The van der Waals surface area contributed by atoms with Crippen LogP contribution in [0.5, 0.6) is 5.75 Å². The molecule has 8 heterocycles. The summed E-state index contributed by atoms with van der Waals surface area (Å²) < 4.78 is 22.2. The first-order valence-electron chi connectivity index (χ1n) is 12.0. The number of ether oxygens (including phenoxy) is 4. The van der Waals surface area contributed by atoms with E-state index in [1.165, 1.54) is 16.8 Å². The molecule has 0 bridgehead atoms. The Hall–Kier alpha value is -2.16. The van der Waals surface area contributed by atoms with Crippen LogP contribution in [-0.4, -0.2) is 31.2 Å². The number of rotatable bonds is 1. The Labute approximate surface area is 273 Å². The normalized spacial score (nSPS) is 14.9. The molecule has 0 saturated heterocycles. The molecule has 0 saturated carbocycles. The third kappa shape index (κ3) is 7.67. The Morgan fingerprint density at radius 2 is 1.60 bits per heavy atom. The number of carboxylic acids is 1. The smallest absolute Gasteiger partial charge is 0.544 e. The van der Waals surface area contributed by atoms with Gasteiger partial charge >= 0.3 is 18.9 Å². The minimum Gasteiger partial charge on any atom is -0.544 e. The summed E-state index contributed by atoms with van der Waals surface area (Å²) in [5.41, 5.74) is 11.6. The van der Waals surface area contributed by atoms with Crippen molar-refractivity contribution in [2.45, 2.75) is 52.9 Å². The van der Waals surface area contributed by atoms with Gasteiger partial charge < -0.3 is 39.7 Å². The van der Waals surface area contributed by atoms with Gasteiger partial charge in [0.1, 0.15) is 22.5 Å². The summed E-state index contributed by atoms with van der Waals surface area (Å²) in [6.07, 6.45) is 3.20. The Balaban J connectivity index is 0.000000128. The fraction of sp³-hybridized carbons (Fsp3) is 0.320. The van der Waals surface area contributed by atoms with Crippen molar-refractivity contribution in [2.24, 2.45) is 0 Å². The maximum Gasteiger partial charge on any atom is 1.00 e. The van der Waals surface area contributed by atoms with E-state index in [4.69, 9.17) is 36.3 Å². The predicted octanol–water partition coefficient (Wildman–Crippen LogP) is 0.641. The maximum atomic E-state index is 10.4. The van der Waals surface area contributed by atoms with Gasteiger partial charge in [0.2, 0.25) is 0 Å². The van der Waals surface area contributed by atoms with Crippen molar-refractivity contribution >= 4 is 62.0 Å². The van der Waals surface area contributed by atoms with Crippen LogP contribution in [-0.2, 0) is 71.8 Å². The Kier molecular flexibility index (Phi) is 11.7. The number of aromatic carboxylic acids is 1. The van der Waals surface area contributed by atoms with E-state index in [9.17, 15) is 15.0 Å². The van der Waals surface area contributed by atoms with E-state index < -0.39 is 5.97 Å². The van der Waals surface area contributed by atoms with Crippen molar-refractivity contribution in [1.29, 1.82) is 0 Å². The standard InChI is InChI=1S/C7H6O4S.C6H5BrN2O.C6H5ClOS.C6H7N3O.Li/c8-5-3-1-11-2-4(3)12-6(5)7(9)10;7-6-5-3-10-2-4(5)1-8-9-6;7-6-1-4-2-8-3-5(4)9-6;7-6-4-1-10-2-5(4)8-3-9-6;/h8H,1-2H2,(H,9,10);1H,2-3H2;1H,2-3H2;3H,1-2H2,(H2,7,8,9);/q;;;;+1/p-1. The van der Waals surface area contributed by atoms with Gasteiger partial charge in [-0.1, -0.05) is 11.6 Å². The van der Waals surface area contributed by atoms with Gasteiger partial charge in [0.25, 0.3) is 0 Å². The average Bonchev–Trinajstić information content (AvgIpc) is 3.76. The number of hydrogen-bond donors (Lipinski definition) is 2. The van der Waals surface area contributed by atoms with Crippen molar-refractivity contribution in [3.05, 3.63) is 75.7 Å².